The van der Waals surface area contributed by atoms with Crippen LogP contribution < -0.4 is 0 Å². The van der Waals surface area contributed by atoms with Gasteiger partial charge in [0.1, 0.15) is 6.61 Å². The number of carbonyl (C=O) groups is 1. The first kappa shape index (κ1) is 15.6. The quantitative estimate of drug-likeness (QED) is 0.849. The van der Waals surface area contributed by atoms with Crippen LogP contribution in [0.1, 0.15) is 38.2 Å². The van der Waals surface area contributed by atoms with Crippen molar-refractivity contribution in [2.45, 2.75) is 50.8 Å². The number of morpholine rings is 1. The van der Waals surface area contributed by atoms with Gasteiger partial charge in [-0.25, -0.2) is 0 Å². The van der Waals surface area contributed by atoms with Crippen LogP contribution in [0.3, 0.4) is 0 Å². The van der Waals surface area contributed by atoms with E-state index in [1.54, 1.807) is 11.3 Å². The van der Waals surface area contributed by atoms with E-state index in [0.717, 1.165) is 44.9 Å². The van der Waals surface area contributed by atoms with E-state index >= 15 is 0 Å². The Kier molecular flexibility index (Phi) is 4.20. The van der Waals surface area contributed by atoms with Crippen molar-refractivity contribution in [3.8, 4) is 0 Å². The second-order valence-corrected chi connectivity index (χ2v) is 8.21. The van der Waals surface area contributed by atoms with Crippen LogP contribution in [0, 0.1) is 5.92 Å². The highest BCUT2D eigenvalue weighted by molar-refractivity contribution is 7.07. The van der Waals surface area contributed by atoms with E-state index in [4.69, 9.17) is 4.74 Å². The van der Waals surface area contributed by atoms with Crippen molar-refractivity contribution in [2.75, 3.05) is 26.2 Å². The van der Waals surface area contributed by atoms with Crippen LogP contribution in [0.25, 0.3) is 0 Å². The molecule has 0 bridgehead atoms. The molecule has 1 unspecified atom stereocenters. The Morgan fingerprint density at radius 2 is 2.13 bits per heavy atom. The summed E-state index contributed by atoms with van der Waals surface area (Å²) >= 11 is 1.77. The van der Waals surface area contributed by atoms with Gasteiger partial charge in [0.15, 0.2) is 0 Å². The predicted octanol–water partition coefficient (Wildman–Crippen LogP) is 2.74. The summed E-state index contributed by atoms with van der Waals surface area (Å²) in [5.74, 6) is 0.936. The highest BCUT2D eigenvalue weighted by Gasteiger charge is 2.48. The first-order valence-corrected chi connectivity index (χ1v) is 9.77. The molecule has 23 heavy (non-hydrogen) atoms. The summed E-state index contributed by atoms with van der Waals surface area (Å²) < 4.78 is 6.13. The highest BCUT2D eigenvalue weighted by Crippen LogP contribution is 2.38. The van der Waals surface area contributed by atoms with Gasteiger partial charge in [-0.15, -0.1) is 0 Å². The maximum Gasteiger partial charge on any atom is 0.248 e. The van der Waals surface area contributed by atoms with Crippen LogP contribution >= 0.6 is 11.3 Å². The number of likely N-dealkylation sites (tertiary alicyclic amines) is 1. The number of nitrogens with zero attached hydrogens (tertiary/aromatic N) is 2. The van der Waals surface area contributed by atoms with Crippen molar-refractivity contribution in [2.24, 2.45) is 5.92 Å². The zero-order valence-electron chi connectivity index (χ0n) is 13.9. The molecule has 2 saturated heterocycles. The molecule has 3 aliphatic rings. The van der Waals surface area contributed by atoms with E-state index in [9.17, 15) is 4.79 Å². The summed E-state index contributed by atoms with van der Waals surface area (Å²) in [7, 11) is 0. The molecule has 1 aromatic rings. The van der Waals surface area contributed by atoms with E-state index < -0.39 is 0 Å². The van der Waals surface area contributed by atoms with E-state index in [2.05, 4.69) is 33.6 Å². The van der Waals surface area contributed by atoms with Gasteiger partial charge < -0.3 is 9.64 Å². The second kappa shape index (κ2) is 6.19. The molecule has 1 amide bonds. The van der Waals surface area contributed by atoms with Gasteiger partial charge >= 0.3 is 0 Å². The molecule has 4 rings (SSSR count). The largest absolute Gasteiger partial charge is 0.363 e. The van der Waals surface area contributed by atoms with Gasteiger partial charge in [-0.1, -0.05) is 0 Å². The van der Waals surface area contributed by atoms with Gasteiger partial charge in [0.25, 0.3) is 0 Å². The maximum absolute atomic E-state index is 12.3. The Labute approximate surface area is 142 Å². The van der Waals surface area contributed by atoms with Crippen molar-refractivity contribution in [1.29, 1.82) is 0 Å². The smallest absolute Gasteiger partial charge is 0.248 e. The van der Waals surface area contributed by atoms with Crippen LogP contribution in [-0.2, 0) is 16.1 Å². The summed E-state index contributed by atoms with van der Waals surface area (Å²) in [5.41, 5.74) is 1.29. The molecule has 1 aliphatic carbocycles. The molecule has 2 aliphatic heterocycles. The van der Waals surface area contributed by atoms with Crippen LogP contribution in [0.2, 0.25) is 0 Å². The fraction of sp³-hybridized carbons (Fsp3) is 0.722. The van der Waals surface area contributed by atoms with Crippen molar-refractivity contribution in [3.63, 3.8) is 0 Å². The molecule has 0 radical (unpaired) electrons. The van der Waals surface area contributed by atoms with Gasteiger partial charge in [0.05, 0.1) is 11.6 Å². The standard InChI is InChI=1S/C18H26N2O2S/c1-14-18(22-12-17(21)20(14)11-15-2-3-15)5-7-19(8-6-18)10-16-4-9-23-13-16/h4,9,13-15H,2-3,5-8,10-12H2,1H3. The molecule has 4 nitrogen and oxygen atoms in total. The third-order valence-corrected chi connectivity index (χ3v) is 6.60. The summed E-state index contributed by atoms with van der Waals surface area (Å²) in [4.78, 5) is 16.9. The van der Waals surface area contributed by atoms with Crippen LogP contribution in [-0.4, -0.2) is 53.6 Å². The molecule has 3 fully saturated rings. The molecule has 1 atom stereocenters. The third kappa shape index (κ3) is 3.19. The topological polar surface area (TPSA) is 32.8 Å². The number of thiophene rings is 1. The minimum absolute atomic E-state index is 0.117. The maximum atomic E-state index is 12.3. The Balaban J connectivity index is 1.39. The SMILES string of the molecule is CC1N(CC2CC2)C(=O)COC12CCN(Cc1ccsc1)CC2. The Morgan fingerprint density at radius 1 is 1.35 bits per heavy atom. The zero-order chi connectivity index (χ0) is 15.9. The van der Waals surface area contributed by atoms with E-state index in [-0.39, 0.29) is 24.2 Å². The molecule has 1 saturated carbocycles. The minimum Gasteiger partial charge on any atom is -0.363 e. The minimum atomic E-state index is -0.117. The lowest BCUT2D eigenvalue weighted by Gasteiger charge is -2.51. The van der Waals surface area contributed by atoms with E-state index in [1.165, 1.54) is 18.4 Å². The first-order valence-electron chi connectivity index (χ1n) is 8.83. The number of amides is 1. The number of hydrogen-bond acceptors (Lipinski definition) is 4. The zero-order valence-corrected chi connectivity index (χ0v) is 14.7. The Hall–Kier alpha value is -0.910. The average Bonchev–Trinajstić information content (AvgIpc) is 3.24. The van der Waals surface area contributed by atoms with Gasteiger partial charge in [-0.05, 0) is 60.9 Å². The Bertz CT molecular complexity index is 547. The van der Waals surface area contributed by atoms with Crippen LogP contribution in [0.15, 0.2) is 16.8 Å². The second-order valence-electron chi connectivity index (χ2n) is 7.43. The van der Waals surface area contributed by atoms with Crippen LogP contribution in [0.5, 0.6) is 0 Å². The monoisotopic (exact) mass is 334 g/mol. The molecule has 5 heteroatoms. The molecule has 1 aromatic heterocycles. The molecule has 126 valence electrons. The number of carbonyl (C=O) groups excluding carboxylic acids is 1. The fourth-order valence-electron chi connectivity index (χ4n) is 4.04. The normalized spacial score (nSPS) is 28.5. The lowest BCUT2D eigenvalue weighted by atomic mass is 9.82. The number of rotatable bonds is 4. The summed E-state index contributed by atoms with van der Waals surface area (Å²) in [6, 6.07) is 2.43. The van der Waals surface area contributed by atoms with Crippen molar-refractivity contribution in [1.82, 2.24) is 9.80 Å². The number of hydrogen-bond donors (Lipinski definition) is 0. The van der Waals surface area contributed by atoms with Crippen LogP contribution in [0.4, 0.5) is 0 Å². The van der Waals surface area contributed by atoms with Crippen molar-refractivity contribution >= 4 is 17.2 Å². The third-order valence-electron chi connectivity index (χ3n) is 5.87. The van der Waals surface area contributed by atoms with Crippen molar-refractivity contribution in [3.05, 3.63) is 22.4 Å². The van der Waals surface area contributed by atoms with E-state index in [1.807, 2.05) is 0 Å². The molecule has 0 aromatic carbocycles. The van der Waals surface area contributed by atoms with E-state index in [0.29, 0.717) is 0 Å². The summed E-state index contributed by atoms with van der Waals surface area (Å²) in [6.45, 7) is 6.59. The highest BCUT2D eigenvalue weighted by atomic mass is 32.1. The van der Waals surface area contributed by atoms with Crippen molar-refractivity contribution < 1.29 is 9.53 Å². The lowest BCUT2D eigenvalue weighted by Crippen LogP contribution is -2.64. The predicted molar refractivity (Wildman–Crippen MR) is 91.4 cm³/mol. The van der Waals surface area contributed by atoms with Gasteiger partial charge in [0.2, 0.25) is 5.91 Å². The molecule has 3 heterocycles. The molecule has 0 N–H and O–H groups in total. The number of ether oxygens (including phenoxy) is 1. The van der Waals surface area contributed by atoms with Gasteiger partial charge in [-0.2, -0.15) is 11.3 Å². The first-order chi connectivity index (χ1) is 11.2. The number of piperidine rings is 1. The summed E-state index contributed by atoms with van der Waals surface area (Å²) in [6.07, 6.45) is 4.65. The van der Waals surface area contributed by atoms with Gasteiger partial charge in [0, 0.05) is 26.2 Å². The summed E-state index contributed by atoms with van der Waals surface area (Å²) in [5, 5.41) is 4.38. The average molecular weight is 334 g/mol. The molecule has 1 spiro atoms. The Morgan fingerprint density at radius 3 is 2.78 bits per heavy atom. The fourth-order valence-corrected chi connectivity index (χ4v) is 4.70. The van der Waals surface area contributed by atoms with Gasteiger partial charge in [-0.3, -0.25) is 9.69 Å². The molecular formula is C18H26N2O2S. The lowest BCUT2D eigenvalue weighted by molar-refractivity contribution is -0.187. The molecular weight excluding hydrogens is 308 g/mol.